The van der Waals surface area contributed by atoms with Crippen LogP contribution in [-0.2, 0) is 7.05 Å². The molecule has 0 amide bonds. The van der Waals surface area contributed by atoms with Gasteiger partial charge in [0.15, 0.2) is 11.6 Å². The molecule has 1 aromatic carbocycles. The Kier molecular flexibility index (Phi) is 3.34. The quantitative estimate of drug-likeness (QED) is 0.855. The number of rotatable bonds is 2. The monoisotopic (exact) mass is 309 g/mol. The number of aryl methyl sites for hydroxylation is 2. The number of hydrogen-bond acceptors (Lipinski definition) is 3. The number of nitrogens with zero attached hydrogens (tertiary/aromatic N) is 3. The largest absolute Gasteiger partial charge is 0.436 e. The third-order valence-corrected chi connectivity index (χ3v) is 3.12. The first-order chi connectivity index (χ1) is 8.52. The lowest BCUT2D eigenvalue weighted by Crippen LogP contribution is -1.97. The summed E-state index contributed by atoms with van der Waals surface area (Å²) >= 11 is 3.03. The summed E-state index contributed by atoms with van der Waals surface area (Å²) in [7, 11) is 1.71. The molecule has 1 heterocycles. The van der Waals surface area contributed by atoms with E-state index in [4.69, 9.17) is 10.00 Å². The van der Waals surface area contributed by atoms with E-state index in [1.54, 1.807) is 13.1 Å². The van der Waals surface area contributed by atoms with Crippen LogP contribution >= 0.6 is 15.9 Å². The first-order valence-corrected chi connectivity index (χ1v) is 5.89. The molecule has 4 nitrogen and oxygen atoms in total. The van der Waals surface area contributed by atoms with Crippen molar-refractivity contribution in [1.29, 1.82) is 5.26 Å². The molecule has 0 fully saturated rings. The SMILES string of the molecule is Cc1cc(Oc2ccc(C#N)c(Br)c2F)n(C)n1. The van der Waals surface area contributed by atoms with Crippen LogP contribution in [0.5, 0.6) is 11.6 Å². The molecule has 92 valence electrons. The van der Waals surface area contributed by atoms with Gasteiger partial charge in [0.05, 0.1) is 15.7 Å². The predicted molar refractivity (Wildman–Crippen MR) is 66.8 cm³/mol. The highest BCUT2D eigenvalue weighted by atomic mass is 79.9. The van der Waals surface area contributed by atoms with Gasteiger partial charge >= 0.3 is 0 Å². The van der Waals surface area contributed by atoms with Gasteiger partial charge in [0, 0.05) is 13.1 Å². The molecule has 0 N–H and O–H groups in total. The van der Waals surface area contributed by atoms with E-state index in [-0.39, 0.29) is 15.8 Å². The summed E-state index contributed by atoms with van der Waals surface area (Å²) in [6.07, 6.45) is 0. The van der Waals surface area contributed by atoms with E-state index in [1.165, 1.54) is 16.8 Å². The second-order valence-corrected chi connectivity index (χ2v) is 4.49. The van der Waals surface area contributed by atoms with E-state index in [2.05, 4.69) is 21.0 Å². The van der Waals surface area contributed by atoms with E-state index in [9.17, 15) is 4.39 Å². The molecule has 2 rings (SSSR count). The Hall–Kier alpha value is -1.87. The predicted octanol–water partition coefficient (Wildman–Crippen LogP) is 3.29. The number of hydrogen-bond donors (Lipinski definition) is 0. The zero-order chi connectivity index (χ0) is 13.3. The molecule has 2 aromatic rings. The van der Waals surface area contributed by atoms with E-state index in [1.807, 2.05) is 13.0 Å². The first-order valence-electron chi connectivity index (χ1n) is 5.09. The van der Waals surface area contributed by atoms with Gasteiger partial charge in [0.1, 0.15) is 6.07 Å². The number of benzene rings is 1. The molecule has 0 atom stereocenters. The van der Waals surface area contributed by atoms with Gasteiger partial charge < -0.3 is 4.74 Å². The van der Waals surface area contributed by atoms with Crippen molar-refractivity contribution in [2.75, 3.05) is 0 Å². The molecule has 1 aromatic heterocycles. The van der Waals surface area contributed by atoms with Crippen molar-refractivity contribution in [2.24, 2.45) is 7.05 Å². The maximum atomic E-state index is 13.9. The van der Waals surface area contributed by atoms with E-state index < -0.39 is 5.82 Å². The lowest BCUT2D eigenvalue weighted by molar-refractivity contribution is 0.402. The molecule has 0 radical (unpaired) electrons. The second kappa shape index (κ2) is 4.78. The van der Waals surface area contributed by atoms with Crippen LogP contribution in [0.1, 0.15) is 11.3 Å². The Morgan fingerprint density at radius 2 is 2.22 bits per heavy atom. The smallest absolute Gasteiger partial charge is 0.217 e. The lowest BCUT2D eigenvalue weighted by atomic mass is 10.2. The second-order valence-electron chi connectivity index (χ2n) is 3.70. The summed E-state index contributed by atoms with van der Waals surface area (Å²) in [4.78, 5) is 0. The van der Waals surface area contributed by atoms with Crippen molar-refractivity contribution in [3.63, 3.8) is 0 Å². The Balaban J connectivity index is 2.39. The van der Waals surface area contributed by atoms with Crippen molar-refractivity contribution in [3.8, 4) is 17.7 Å². The number of halogens is 2. The molecule has 0 aliphatic carbocycles. The number of aromatic nitrogens is 2. The highest BCUT2D eigenvalue weighted by Crippen LogP contribution is 2.31. The van der Waals surface area contributed by atoms with Crippen LogP contribution in [0, 0.1) is 24.1 Å². The fraction of sp³-hybridized carbons (Fsp3) is 0.167. The summed E-state index contributed by atoms with van der Waals surface area (Å²) in [6.45, 7) is 1.82. The Morgan fingerprint density at radius 3 is 2.78 bits per heavy atom. The van der Waals surface area contributed by atoms with Crippen LogP contribution in [0.15, 0.2) is 22.7 Å². The van der Waals surface area contributed by atoms with Gasteiger partial charge in [0.25, 0.3) is 0 Å². The average molecular weight is 310 g/mol. The number of ether oxygens (including phenoxy) is 1. The Morgan fingerprint density at radius 1 is 1.50 bits per heavy atom. The molecule has 0 saturated carbocycles. The van der Waals surface area contributed by atoms with E-state index >= 15 is 0 Å². The van der Waals surface area contributed by atoms with Crippen molar-refractivity contribution in [2.45, 2.75) is 6.92 Å². The van der Waals surface area contributed by atoms with Gasteiger partial charge in [-0.05, 0) is 35.0 Å². The van der Waals surface area contributed by atoms with Crippen LogP contribution in [0.3, 0.4) is 0 Å². The maximum absolute atomic E-state index is 13.9. The lowest BCUT2D eigenvalue weighted by Gasteiger charge is -2.08. The van der Waals surface area contributed by atoms with Gasteiger partial charge in [0.2, 0.25) is 5.88 Å². The van der Waals surface area contributed by atoms with Crippen LogP contribution in [0.25, 0.3) is 0 Å². The molecule has 18 heavy (non-hydrogen) atoms. The van der Waals surface area contributed by atoms with E-state index in [0.717, 1.165) is 5.69 Å². The van der Waals surface area contributed by atoms with Crippen molar-refractivity contribution in [3.05, 3.63) is 39.7 Å². The molecule has 0 aliphatic rings. The first kappa shape index (κ1) is 12.6. The molecule has 6 heteroatoms. The van der Waals surface area contributed by atoms with Gasteiger partial charge in [-0.3, -0.25) is 0 Å². The Labute approximate surface area is 112 Å². The van der Waals surface area contributed by atoms with Crippen molar-refractivity contribution < 1.29 is 9.13 Å². The molecule has 0 saturated heterocycles. The molecular formula is C12H9BrFN3O. The highest BCUT2D eigenvalue weighted by molar-refractivity contribution is 9.10. The normalized spacial score (nSPS) is 10.2. The van der Waals surface area contributed by atoms with Crippen molar-refractivity contribution in [1.82, 2.24) is 9.78 Å². The minimum Gasteiger partial charge on any atom is -0.436 e. The summed E-state index contributed by atoms with van der Waals surface area (Å²) in [5.41, 5.74) is 1.00. The standard InChI is InChI=1S/C12H9BrFN3O/c1-7-5-10(17(2)16-7)18-9-4-3-8(6-15)11(13)12(9)14/h3-5H,1-2H3. The molecule has 0 bridgehead atoms. The molecule has 0 aliphatic heterocycles. The summed E-state index contributed by atoms with van der Waals surface area (Å²) < 4.78 is 21.0. The zero-order valence-electron chi connectivity index (χ0n) is 9.74. The van der Waals surface area contributed by atoms with Crippen LogP contribution in [-0.4, -0.2) is 9.78 Å². The van der Waals surface area contributed by atoms with Gasteiger partial charge in [-0.2, -0.15) is 10.4 Å². The summed E-state index contributed by atoms with van der Waals surface area (Å²) in [5, 5.41) is 12.9. The van der Waals surface area contributed by atoms with Crippen molar-refractivity contribution >= 4 is 15.9 Å². The fourth-order valence-corrected chi connectivity index (χ4v) is 1.91. The minimum atomic E-state index is -0.604. The third-order valence-electron chi connectivity index (χ3n) is 2.34. The van der Waals surface area contributed by atoms with E-state index in [0.29, 0.717) is 5.88 Å². The summed E-state index contributed by atoms with van der Waals surface area (Å²) in [5.74, 6) is -0.125. The maximum Gasteiger partial charge on any atom is 0.217 e. The topological polar surface area (TPSA) is 50.8 Å². The van der Waals surface area contributed by atoms with Crippen LogP contribution in [0.2, 0.25) is 0 Å². The van der Waals surface area contributed by atoms with Gasteiger partial charge in [-0.15, -0.1) is 0 Å². The highest BCUT2D eigenvalue weighted by Gasteiger charge is 2.14. The molecule has 0 spiro atoms. The van der Waals surface area contributed by atoms with Crippen LogP contribution in [0.4, 0.5) is 4.39 Å². The average Bonchev–Trinajstić information content (AvgIpc) is 2.64. The fourth-order valence-electron chi connectivity index (χ4n) is 1.49. The van der Waals surface area contributed by atoms with Crippen LogP contribution < -0.4 is 4.74 Å². The van der Waals surface area contributed by atoms with Gasteiger partial charge in [-0.1, -0.05) is 0 Å². The molecule has 0 unspecified atom stereocenters. The summed E-state index contributed by atoms with van der Waals surface area (Å²) in [6, 6.07) is 6.49. The minimum absolute atomic E-state index is 0.0453. The third kappa shape index (κ3) is 2.22. The number of nitriles is 1. The Bertz CT molecular complexity index is 646. The van der Waals surface area contributed by atoms with Gasteiger partial charge in [-0.25, -0.2) is 9.07 Å². The molecular weight excluding hydrogens is 301 g/mol. The zero-order valence-corrected chi connectivity index (χ0v) is 11.3.